The van der Waals surface area contributed by atoms with Crippen LogP contribution in [0.3, 0.4) is 0 Å². The summed E-state index contributed by atoms with van der Waals surface area (Å²) >= 11 is 1.59. The molecule has 1 N–H and O–H groups in total. The molecule has 1 saturated carbocycles. The maximum Gasteiger partial charge on any atom is 0.416 e. The summed E-state index contributed by atoms with van der Waals surface area (Å²) in [7, 11) is 1.54. The Morgan fingerprint density at radius 2 is 1.74 bits per heavy atom. The predicted molar refractivity (Wildman–Crippen MR) is 171 cm³/mol. The lowest BCUT2D eigenvalue weighted by atomic mass is 9.43. The molecule has 0 radical (unpaired) electrons. The van der Waals surface area contributed by atoms with Crippen molar-refractivity contribution < 1.29 is 27.5 Å². The van der Waals surface area contributed by atoms with Gasteiger partial charge in [0.2, 0.25) is 5.91 Å². The van der Waals surface area contributed by atoms with Crippen molar-refractivity contribution in [1.82, 2.24) is 10.2 Å². The molecule has 4 atom stereocenters. The number of methoxy groups -OCH3 is 1. The number of nitrogens with zero attached hydrogens (tertiary/aromatic N) is 1. The first kappa shape index (κ1) is 30.3. The highest BCUT2D eigenvalue weighted by Crippen LogP contribution is 2.70. The Kier molecular flexibility index (Phi) is 7.35. The molecule has 8 rings (SSSR count). The first-order valence-electron chi connectivity index (χ1n) is 15.3. The number of amides is 2. The van der Waals surface area contributed by atoms with E-state index in [0.717, 1.165) is 33.7 Å². The van der Waals surface area contributed by atoms with E-state index < -0.39 is 22.6 Å². The van der Waals surface area contributed by atoms with Gasteiger partial charge in [0, 0.05) is 52.9 Å². The summed E-state index contributed by atoms with van der Waals surface area (Å²) in [5.74, 6) is -0.428. The number of ether oxygens (including phenoxy) is 1. The Morgan fingerprint density at radius 1 is 1.02 bits per heavy atom. The highest BCUT2D eigenvalue weighted by Gasteiger charge is 2.71. The number of para-hydroxylation sites is 1. The molecule has 9 heteroatoms. The first-order valence-corrected chi connectivity index (χ1v) is 16.2. The fourth-order valence-corrected chi connectivity index (χ4v) is 9.68. The normalized spacial score (nSPS) is 24.7. The van der Waals surface area contributed by atoms with Gasteiger partial charge in [0.25, 0.3) is 5.91 Å². The standard InChI is InChI=1S/C37H33F3N2O3S/c1-23(27-10-6-7-11-30(27)45-2)33(43)42-21-31-35(25-12-14-26(15-13-25)37(38,39)40)18-16-29(28-17-19-46-32(28)35)36(31,22-42)34(44)41-20-24-8-4-3-5-9-24/h3-15,17,19,29,31H,1,16,18,20-22H2,2H3,(H,41,44)/t29-,31?,35-,36-/m0/s1. The van der Waals surface area contributed by atoms with E-state index in [2.05, 4.69) is 18.0 Å². The summed E-state index contributed by atoms with van der Waals surface area (Å²) in [5, 5.41) is 5.23. The molecule has 3 aliphatic carbocycles. The number of carbonyl (C=O) groups excluding carboxylic acids is 2. The molecule has 1 aromatic heterocycles. The molecule has 1 aliphatic heterocycles. The maximum atomic E-state index is 14.7. The van der Waals surface area contributed by atoms with Crippen LogP contribution in [0.1, 0.15) is 51.5 Å². The fraction of sp³-hybridized carbons (Fsp3) is 0.297. The molecule has 2 bridgehead atoms. The molecule has 2 amide bonds. The van der Waals surface area contributed by atoms with Crippen LogP contribution < -0.4 is 10.1 Å². The van der Waals surface area contributed by atoms with Crippen molar-refractivity contribution in [1.29, 1.82) is 0 Å². The third-order valence-electron chi connectivity index (χ3n) is 10.4. The van der Waals surface area contributed by atoms with Crippen LogP contribution in [0.5, 0.6) is 5.75 Å². The Bertz CT molecular complexity index is 1820. The lowest BCUT2D eigenvalue weighted by Gasteiger charge is -2.59. The van der Waals surface area contributed by atoms with Gasteiger partial charge in [-0.3, -0.25) is 9.59 Å². The van der Waals surface area contributed by atoms with Crippen molar-refractivity contribution in [2.45, 2.75) is 36.9 Å². The number of hydrogen-bond acceptors (Lipinski definition) is 4. The quantitative estimate of drug-likeness (QED) is 0.214. The lowest BCUT2D eigenvalue weighted by molar-refractivity contribution is -0.139. The van der Waals surface area contributed by atoms with Crippen LogP contribution >= 0.6 is 11.3 Å². The highest BCUT2D eigenvalue weighted by atomic mass is 32.1. The number of benzene rings is 3. The zero-order valence-corrected chi connectivity index (χ0v) is 26.1. The Morgan fingerprint density at radius 3 is 2.46 bits per heavy atom. The van der Waals surface area contributed by atoms with E-state index in [0.29, 0.717) is 30.7 Å². The minimum absolute atomic E-state index is 0.141. The van der Waals surface area contributed by atoms with Gasteiger partial charge in [-0.05, 0) is 59.2 Å². The number of carbonyl (C=O) groups is 2. The number of nitrogens with one attached hydrogen (secondary N) is 1. The van der Waals surface area contributed by atoms with Crippen molar-refractivity contribution in [3.05, 3.63) is 130 Å². The van der Waals surface area contributed by atoms with Crippen molar-refractivity contribution >= 4 is 28.7 Å². The van der Waals surface area contributed by atoms with Gasteiger partial charge in [0.05, 0.1) is 18.1 Å². The van der Waals surface area contributed by atoms with Crippen LogP contribution in [-0.4, -0.2) is 36.9 Å². The molecule has 2 heterocycles. The smallest absolute Gasteiger partial charge is 0.416 e. The second-order valence-electron chi connectivity index (χ2n) is 12.5. The summed E-state index contributed by atoms with van der Waals surface area (Å²) in [5.41, 5.74) is 1.13. The SMILES string of the molecule is C=C(C(=O)N1CC2[C@@]3(c4ccc(C(F)(F)F)cc4)CC[C@@H](c4ccsc43)[C@@]2(C(=O)NCc2ccccc2)C1)c1ccccc1OC. The van der Waals surface area contributed by atoms with E-state index in [4.69, 9.17) is 4.74 Å². The van der Waals surface area contributed by atoms with Crippen LogP contribution in [0.25, 0.3) is 5.57 Å². The van der Waals surface area contributed by atoms with Gasteiger partial charge in [-0.2, -0.15) is 13.2 Å². The maximum absolute atomic E-state index is 14.7. The van der Waals surface area contributed by atoms with Crippen LogP contribution in [0, 0.1) is 11.3 Å². The average molecular weight is 643 g/mol. The van der Waals surface area contributed by atoms with E-state index >= 15 is 0 Å². The number of likely N-dealkylation sites (tertiary alicyclic amines) is 1. The summed E-state index contributed by atoms with van der Waals surface area (Å²) < 4.78 is 46.4. The summed E-state index contributed by atoms with van der Waals surface area (Å²) in [6, 6.07) is 24.3. The molecule has 0 spiro atoms. The number of fused-ring (bicyclic) bond motifs is 1. The van der Waals surface area contributed by atoms with E-state index in [9.17, 15) is 22.8 Å². The van der Waals surface area contributed by atoms with Crippen LogP contribution in [0.15, 0.2) is 96.9 Å². The van der Waals surface area contributed by atoms with Gasteiger partial charge in [-0.1, -0.05) is 67.2 Å². The third kappa shape index (κ3) is 4.50. The number of alkyl halides is 3. The molecule has 5 nitrogen and oxygen atoms in total. The van der Waals surface area contributed by atoms with Gasteiger partial charge < -0.3 is 15.0 Å². The number of halogens is 3. The van der Waals surface area contributed by atoms with Crippen LogP contribution in [-0.2, 0) is 27.7 Å². The van der Waals surface area contributed by atoms with Gasteiger partial charge in [0.1, 0.15) is 5.75 Å². The zero-order valence-electron chi connectivity index (χ0n) is 25.3. The molecule has 1 unspecified atom stereocenters. The van der Waals surface area contributed by atoms with Crippen LogP contribution in [0.4, 0.5) is 13.2 Å². The number of hydrogen-bond donors (Lipinski definition) is 1. The molecular weight excluding hydrogens is 609 g/mol. The molecule has 1 saturated heterocycles. The molecule has 46 heavy (non-hydrogen) atoms. The third-order valence-corrected chi connectivity index (χ3v) is 11.5. The summed E-state index contributed by atoms with van der Waals surface area (Å²) in [6.07, 6.45) is -3.12. The minimum atomic E-state index is -4.47. The largest absolute Gasteiger partial charge is 0.496 e. The Labute approximate surface area is 269 Å². The van der Waals surface area contributed by atoms with Crippen molar-refractivity contribution in [2.75, 3.05) is 20.2 Å². The summed E-state index contributed by atoms with van der Waals surface area (Å²) in [6.45, 7) is 4.92. The predicted octanol–water partition coefficient (Wildman–Crippen LogP) is 7.43. The van der Waals surface area contributed by atoms with Crippen molar-refractivity contribution in [2.24, 2.45) is 11.3 Å². The average Bonchev–Trinajstić information content (AvgIpc) is 3.75. The van der Waals surface area contributed by atoms with Crippen molar-refractivity contribution in [3.63, 3.8) is 0 Å². The number of rotatable bonds is 7. The highest BCUT2D eigenvalue weighted by molar-refractivity contribution is 7.10. The van der Waals surface area contributed by atoms with Gasteiger partial charge in [-0.15, -0.1) is 11.3 Å². The second kappa shape index (κ2) is 11.2. The van der Waals surface area contributed by atoms with Gasteiger partial charge in [-0.25, -0.2) is 0 Å². The molecule has 3 aromatic carbocycles. The van der Waals surface area contributed by atoms with Gasteiger partial charge >= 0.3 is 6.18 Å². The minimum Gasteiger partial charge on any atom is -0.496 e. The van der Waals surface area contributed by atoms with E-state index in [1.807, 2.05) is 47.8 Å². The lowest BCUT2D eigenvalue weighted by Crippen LogP contribution is -2.62. The van der Waals surface area contributed by atoms with E-state index in [1.165, 1.54) is 7.11 Å². The second-order valence-corrected chi connectivity index (χ2v) is 13.4. The number of thiophene rings is 1. The molecular formula is C37H33F3N2O3S. The fourth-order valence-electron chi connectivity index (χ4n) is 8.41. The molecule has 236 valence electrons. The first-order chi connectivity index (χ1) is 22.1. The topological polar surface area (TPSA) is 58.6 Å². The monoisotopic (exact) mass is 642 g/mol. The van der Waals surface area contributed by atoms with E-state index in [1.54, 1.807) is 40.5 Å². The van der Waals surface area contributed by atoms with E-state index in [-0.39, 0.29) is 42.3 Å². The molecule has 4 aliphatic rings. The van der Waals surface area contributed by atoms with Gasteiger partial charge in [0.15, 0.2) is 0 Å². The summed E-state index contributed by atoms with van der Waals surface area (Å²) in [4.78, 5) is 31.8. The van der Waals surface area contributed by atoms with Crippen LogP contribution in [0.2, 0.25) is 0 Å². The van der Waals surface area contributed by atoms with Crippen molar-refractivity contribution in [3.8, 4) is 5.75 Å². The molecule has 2 fully saturated rings. The molecule has 4 aromatic rings. The zero-order chi connectivity index (χ0) is 32.3. The Balaban J connectivity index is 1.34. The Hall–Kier alpha value is -4.37.